The first-order chi connectivity index (χ1) is 18.4. The first kappa shape index (κ1) is 24.6. The summed E-state index contributed by atoms with van der Waals surface area (Å²) in [6.45, 7) is 0. The van der Waals surface area contributed by atoms with Crippen molar-refractivity contribution in [3.63, 3.8) is 0 Å². The molecular formula is C32H22Br2N2O2. The molecule has 0 unspecified atom stereocenters. The van der Waals surface area contributed by atoms with Gasteiger partial charge in [-0.05, 0) is 33.7 Å². The van der Waals surface area contributed by atoms with E-state index in [-0.39, 0.29) is 0 Å². The van der Waals surface area contributed by atoms with Crippen LogP contribution in [0.15, 0.2) is 109 Å². The Morgan fingerprint density at radius 3 is 1.45 bits per heavy atom. The van der Waals surface area contributed by atoms with E-state index in [2.05, 4.69) is 49.3 Å². The molecule has 186 valence electrons. The highest BCUT2D eigenvalue weighted by molar-refractivity contribution is 9.26. The second-order valence-corrected chi connectivity index (χ2v) is 12.7. The summed E-state index contributed by atoms with van der Waals surface area (Å²) >= 11 is 6.88. The van der Waals surface area contributed by atoms with Crippen LogP contribution in [-0.2, 0) is 9.59 Å². The highest BCUT2D eigenvalue weighted by Crippen LogP contribution is 2.40. The fourth-order valence-corrected chi connectivity index (χ4v) is 5.83. The van der Waals surface area contributed by atoms with Crippen LogP contribution in [0.4, 0.5) is 11.4 Å². The summed E-state index contributed by atoms with van der Waals surface area (Å²) < 4.78 is -1.70. The van der Waals surface area contributed by atoms with Crippen LogP contribution >= 0.6 is 31.9 Å². The van der Waals surface area contributed by atoms with E-state index < -0.39 is 15.0 Å². The second kappa shape index (κ2) is 9.53. The molecule has 0 radical (unpaired) electrons. The molecule has 6 aromatic rings. The lowest BCUT2D eigenvalue weighted by Crippen LogP contribution is -2.47. The van der Waals surface area contributed by atoms with Gasteiger partial charge in [-0.15, -0.1) is 0 Å². The Morgan fingerprint density at radius 2 is 1.00 bits per heavy atom. The van der Waals surface area contributed by atoms with Gasteiger partial charge in [0.1, 0.15) is 0 Å². The largest absolute Gasteiger partial charge is 0.323 e. The van der Waals surface area contributed by atoms with Crippen molar-refractivity contribution < 1.29 is 9.59 Å². The van der Waals surface area contributed by atoms with Crippen LogP contribution in [0.5, 0.6) is 0 Å². The zero-order valence-corrected chi connectivity index (χ0v) is 23.6. The second-order valence-electron chi connectivity index (χ2n) is 9.25. The molecule has 0 bridgehead atoms. The molecule has 0 atom stereocenters. The van der Waals surface area contributed by atoms with Crippen molar-refractivity contribution in [2.75, 3.05) is 17.3 Å². The predicted molar refractivity (Wildman–Crippen MR) is 166 cm³/mol. The first-order valence-electron chi connectivity index (χ1n) is 12.1. The van der Waals surface area contributed by atoms with Crippen molar-refractivity contribution in [3.05, 3.63) is 109 Å². The van der Waals surface area contributed by atoms with E-state index in [9.17, 15) is 9.59 Å². The van der Waals surface area contributed by atoms with Gasteiger partial charge in [0, 0.05) is 28.6 Å². The molecule has 0 saturated carbocycles. The SMILES string of the molecule is CN(C(=O)C(Br)(Br)C(=O)Nc1c2ccccc2cc2ccccc12)c1c2ccccc2cc2ccccc12. The van der Waals surface area contributed by atoms with Gasteiger partial charge in [-0.1, -0.05) is 129 Å². The van der Waals surface area contributed by atoms with E-state index in [1.165, 1.54) is 0 Å². The number of amides is 2. The lowest BCUT2D eigenvalue weighted by molar-refractivity contribution is -0.125. The average Bonchev–Trinajstić information content (AvgIpc) is 2.94. The van der Waals surface area contributed by atoms with Crippen LogP contribution in [0.2, 0.25) is 0 Å². The van der Waals surface area contributed by atoms with Crippen molar-refractivity contribution in [2.45, 2.75) is 3.23 Å². The Labute approximate surface area is 236 Å². The maximum Gasteiger partial charge on any atom is 0.264 e. The summed E-state index contributed by atoms with van der Waals surface area (Å²) in [5.74, 6) is -0.957. The summed E-state index contributed by atoms with van der Waals surface area (Å²) in [6, 6.07) is 35.9. The number of rotatable bonds is 4. The number of alkyl halides is 2. The van der Waals surface area contributed by atoms with E-state index in [0.29, 0.717) is 5.69 Å². The molecule has 0 aliphatic heterocycles. The van der Waals surface area contributed by atoms with Crippen molar-refractivity contribution in [3.8, 4) is 0 Å². The standard InChI is InChI=1S/C32H22Br2N2O2/c1-36(29-26-16-8-4-12-22(26)19-23-13-5-9-17-27(23)29)31(38)32(33,34)30(37)35-28-24-14-6-2-10-20(24)18-21-11-3-7-15-25(21)28/h2-19H,1H3,(H,35,37). The Bertz CT molecular complexity index is 1790. The number of anilines is 2. The zero-order chi connectivity index (χ0) is 26.4. The Morgan fingerprint density at radius 1 is 0.632 bits per heavy atom. The molecule has 0 saturated heterocycles. The fraction of sp³-hybridized carbons (Fsp3) is 0.0625. The molecule has 0 aliphatic rings. The van der Waals surface area contributed by atoms with Gasteiger partial charge in [0.05, 0.1) is 11.4 Å². The molecule has 2 amide bonds. The van der Waals surface area contributed by atoms with Crippen LogP contribution < -0.4 is 10.2 Å². The highest BCUT2D eigenvalue weighted by Gasteiger charge is 2.44. The maximum absolute atomic E-state index is 14.0. The van der Waals surface area contributed by atoms with Crippen LogP contribution in [0.3, 0.4) is 0 Å². The zero-order valence-electron chi connectivity index (χ0n) is 20.4. The lowest BCUT2D eigenvalue weighted by Gasteiger charge is -2.28. The molecule has 0 fully saturated rings. The van der Waals surface area contributed by atoms with E-state index in [0.717, 1.165) is 48.8 Å². The average molecular weight is 626 g/mol. The van der Waals surface area contributed by atoms with Crippen molar-refractivity contribution in [1.29, 1.82) is 0 Å². The summed E-state index contributed by atoms with van der Waals surface area (Å²) in [4.78, 5) is 29.3. The summed E-state index contributed by atoms with van der Waals surface area (Å²) in [5.41, 5.74) is 1.41. The molecular weight excluding hydrogens is 604 g/mol. The maximum atomic E-state index is 14.0. The van der Waals surface area contributed by atoms with Crippen molar-refractivity contribution >= 4 is 98.1 Å². The first-order valence-corrected chi connectivity index (χ1v) is 13.7. The van der Waals surface area contributed by atoms with Gasteiger partial charge >= 0.3 is 0 Å². The molecule has 4 nitrogen and oxygen atoms in total. The number of nitrogens with zero attached hydrogens (tertiary/aromatic N) is 1. The smallest absolute Gasteiger partial charge is 0.264 e. The Kier molecular flexibility index (Phi) is 6.17. The minimum Gasteiger partial charge on any atom is -0.323 e. The number of benzene rings is 6. The van der Waals surface area contributed by atoms with Crippen LogP contribution in [-0.4, -0.2) is 22.1 Å². The molecule has 38 heavy (non-hydrogen) atoms. The minimum absolute atomic E-state index is 0.443. The predicted octanol–water partition coefficient (Wildman–Crippen LogP) is 8.39. The van der Waals surface area contributed by atoms with Gasteiger partial charge in [0.25, 0.3) is 11.8 Å². The molecule has 6 aromatic carbocycles. The Balaban J connectivity index is 1.42. The minimum atomic E-state index is -1.70. The van der Waals surface area contributed by atoms with Gasteiger partial charge < -0.3 is 10.2 Å². The van der Waals surface area contributed by atoms with E-state index in [1.807, 2.05) is 97.1 Å². The molecule has 0 aromatic heterocycles. The fourth-order valence-electron chi connectivity index (χ4n) is 5.10. The summed E-state index contributed by atoms with van der Waals surface area (Å²) in [7, 11) is 1.70. The van der Waals surface area contributed by atoms with Crippen molar-refractivity contribution in [2.24, 2.45) is 0 Å². The highest BCUT2D eigenvalue weighted by atomic mass is 79.9. The summed E-state index contributed by atoms with van der Waals surface area (Å²) in [5, 5.41) is 10.7. The van der Waals surface area contributed by atoms with E-state index in [4.69, 9.17) is 0 Å². The number of hydrogen-bond donors (Lipinski definition) is 1. The van der Waals surface area contributed by atoms with Crippen LogP contribution in [0, 0.1) is 0 Å². The molecule has 0 spiro atoms. The number of fused-ring (bicyclic) bond motifs is 4. The van der Waals surface area contributed by atoms with Gasteiger partial charge in [-0.3, -0.25) is 9.59 Å². The molecule has 6 heteroatoms. The van der Waals surface area contributed by atoms with Gasteiger partial charge in [-0.2, -0.15) is 0 Å². The monoisotopic (exact) mass is 624 g/mol. The van der Waals surface area contributed by atoms with Gasteiger partial charge in [0.15, 0.2) is 0 Å². The van der Waals surface area contributed by atoms with Gasteiger partial charge in [-0.25, -0.2) is 0 Å². The Hall–Kier alpha value is -3.74. The molecule has 6 rings (SSSR count). The molecule has 0 aliphatic carbocycles. The topological polar surface area (TPSA) is 49.4 Å². The normalized spacial score (nSPS) is 11.8. The molecule has 0 heterocycles. The third-order valence-electron chi connectivity index (χ3n) is 6.95. The quantitative estimate of drug-likeness (QED) is 0.121. The van der Waals surface area contributed by atoms with Crippen LogP contribution in [0.25, 0.3) is 43.1 Å². The number of carbonyl (C=O) groups excluding carboxylic acids is 2. The third-order valence-corrected chi connectivity index (χ3v) is 8.35. The van der Waals surface area contributed by atoms with Gasteiger partial charge in [0.2, 0.25) is 3.23 Å². The summed E-state index contributed by atoms with van der Waals surface area (Å²) in [6.07, 6.45) is 0. The third kappa shape index (κ3) is 4.05. The number of nitrogens with one attached hydrogen (secondary N) is 1. The van der Waals surface area contributed by atoms with E-state index in [1.54, 1.807) is 11.9 Å². The number of carbonyl (C=O) groups is 2. The van der Waals surface area contributed by atoms with Crippen molar-refractivity contribution in [1.82, 2.24) is 0 Å². The number of halogens is 2. The van der Waals surface area contributed by atoms with Crippen LogP contribution in [0.1, 0.15) is 0 Å². The molecule has 1 N–H and O–H groups in total. The van der Waals surface area contributed by atoms with E-state index >= 15 is 0 Å². The number of hydrogen-bond acceptors (Lipinski definition) is 2. The lowest BCUT2D eigenvalue weighted by atomic mass is 10.00.